The van der Waals surface area contributed by atoms with E-state index in [1.54, 1.807) is 0 Å². The molecule has 0 aliphatic carbocycles. The predicted molar refractivity (Wildman–Crippen MR) is 66.6 cm³/mol. The zero-order valence-electron chi connectivity index (χ0n) is 10.2. The van der Waals surface area contributed by atoms with Gasteiger partial charge < -0.3 is 5.73 Å². The van der Waals surface area contributed by atoms with Crippen LogP contribution in [0.3, 0.4) is 0 Å². The van der Waals surface area contributed by atoms with Gasteiger partial charge >= 0.3 is 0 Å². The highest BCUT2D eigenvalue weighted by molar-refractivity contribution is 5.75. The number of nitrogens with two attached hydrogens (primary N) is 1. The number of likely N-dealkylation sites (tertiary alicyclic amines) is 1. The van der Waals surface area contributed by atoms with Crippen LogP contribution in [0.4, 0.5) is 0 Å². The van der Waals surface area contributed by atoms with Gasteiger partial charge in [0.2, 0.25) is 5.91 Å². The third-order valence-corrected chi connectivity index (χ3v) is 3.30. The highest BCUT2D eigenvalue weighted by Crippen LogP contribution is 2.26. The van der Waals surface area contributed by atoms with E-state index in [9.17, 15) is 4.79 Å². The average Bonchev–Trinajstić information content (AvgIpc) is 2.29. The first-order chi connectivity index (χ1) is 8.15. The number of piperidine rings is 1. The number of aromatic nitrogens is 1. The molecule has 1 saturated heterocycles. The molecule has 1 aliphatic rings. The van der Waals surface area contributed by atoms with Crippen LogP contribution in [0, 0.1) is 6.92 Å². The van der Waals surface area contributed by atoms with Crippen LogP contribution in [0.5, 0.6) is 0 Å². The third-order valence-electron chi connectivity index (χ3n) is 3.30. The number of hydrogen-bond donors (Lipinski definition) is 1. The van der Waals surface area contributed by atoms with Crippen molar-refractivity contribution in [2.24, 2.45) is 5.73 Å². The molecule has 0 saturated carbocycles. The molecule has 0 spiro atoms. The summed E-state index contributed by atoms with van der Waals surface area (Å²) in [5.41, 5.74) is 7.45. The number of hydrogen-bond acceptors (Lipinski definition) is 3. The standard InChI is InChI=1S/C13H19N3O/c1-10-3-2-4-12(15-10)11-5-7-16(8-6-11)9-13(14)17/h2-4,11H,5-9H2,1H3,(H2,14,17). The molecular formula is C13H19N3O. The molecule has 4 nitrogen and oxygen atoms in total. The Morgan fingerprint density at radius 2 is 2.18 bits per heavy atom. The van der Waals surface area contributed by atoms with Gasteiger partial charge in [-0.1, -0.05) is 6.07 Å². The van der Waals surface area contributed by atoms with Crippen molar-refractivity contribution in [1.82, 2.24) is 9.88 Å². The lowest BCUT2D eigenvalue weighted by Gasteiger charge is -2.30. The van der Waals surface area contributed by atoms with E-state index < -0.39 is 0 Å². The van der Waals surface area contributed by atoms with Gasteiger partial charge in [-0.3, -0.25) is 14.7 Å². The number of carbonyl (C=O) groups is 1. The molecule has 17 heavy (non-hydrogen) atoms. The molecule has 4 heteroatoms. The predicted octanol–water partition coefficient (Wildman–Crippen LogP) is 1.05. The van der Waals surface area contributed by atoms with Crippen LogP contribution in [0.15, 0.2) is 18.2 Å². The van der Waals surface area contributed by atoms with Crippen molar-refractivity contribution < 1.29 is 4.79 Å². The molecule has 1 aromatic heterocycles. The van der Waals surface area contributed by atoms with Crippen LogP contribution in [0.1, 0.15) is 30.1 Å². The smallest absolute Gasteiger partial charge is 0.231 e. The minimum atomic E-state index is -0.239. The molecule has 0 bridgehead atoms. The Balaban J connectivity index is 1.93. The van der Waals surface area contributed by atoms with Gasteiger partial charge in [-0.25, -0.2) is 0 Å². The lowest BCUT2D eigenvalue weighted by atomic mass is 9.93. The summed E-state index contributed by atoms with van der Waals surface area (Å²) in [6.07, 6.45) is 2.12. The third kappa shape index (κ3) is 3.27. The van der Waals surface area contributed by atoms with Crippen molar-refractivity contribution in [3.63, 3.8) is 0 Å². The van der Waals surface area contributed by atoms with E-state index in [1.165, 1.54) is 5.69 Å². The second-order valence-corrected chi connectivity index (χ2v) is 4.72. The van der Waals surface area contributed by atoms with Gasteiger partial charge in [0.05, 0.1) is 6.54 Å². The average molecular weight is 233 g/mol. The van der Waals surface area contributed by atoms with Crippen LogP contribution in [-0.2, 0) is 4.79 Å². The Hall–Kier alpha value is -1.42. The number of nitrogens with zero attached hydrogens (tertiary/aromatic N) is 2. The fourth-order valence-corrected chi connectivity index (χ4v) is 2.40. The fourth-order valence-electron chi connectivity index (χ4n) is 2.40. The lowest BCUT2D eigenvalue weighted by molar-refractivity contribution is -0.119. The molecular weight excluding hydrogens is 214 g/mol. The topological polar surface area (TPSA) is 59.2 Å². The van der Waals surface area contributed by atoms with E-state index in [0.717, 1.165) is 31.6 Å². The summed E-state index contributed by atoms with van der Waals surface area (Å²) in [5, 5.41) is 0. The van der Waals surface area contributed by atoms with E-state index in [0.29, 0.717) is 12.5 Å². The molecule has 92 valence electrons. The van der Waals surface area contributed by atoms with Crippen molar-refractivity contribution in [1.29, 1.82) is 0 Å². The van der Waals surface area contributed by atoms with Crippen molar-refractivity contribution in [3.8, 4) is 0 Å². The van der Waals surface area contributed by atoms with Crippen LogP contribution in [-0.4, -0.2) is 35.4 Å². The number of pyridine rings is 1. The monoisotopic (exact) mass is 233 g/mol. The molecule has 1 fully saturated rings. The Kier molecular flexibility index (Phi) is 3.74. The number of aryl methyl sites for hydroxylation is 1. The SMILES string of the molecule is Cc1cccc(C2CCN(CC(N)=O)CC2)n1. The first-order valence-electron chi connectivity index (χ1n) is 6.09. The minimum absolute atomic E-state index is 0.239. The van der Waals surface area contributed by atoms with Gasteiger partial charge in [0, 0.05) is 17.3 Å². The highest BCUT2D eigenvalue weighted by Gasteiger charge is 2.22. The number of carbonyl (C=O) groups excluding carboxylic acids is 1. The fraction of sp³-hybridized carbons (Fsp3) is 0.538. The Bertz CT molecular complexity index is 397. The normalized spacial score (nSPS) is 18.2. The largest absolute Gasteiger partial charge is 0.369 e. The molecule has 2 heterocycles. The first kappa shape index (κ1) is 12.0. The Morgan fingerprint density at radius 3 is 2.76 bits per heavy atom. The summed E-state index contributed by atoms with van der Waals surface area (Å²) in [7, 11) is 0. The van der Waals surface area contributed by atoms with Crippen LogP contribution in [0.25, 0.3) is 0 Å². The highest BCUT2D eigenvalue weighted by atomic mass is 16.1. The maximum Gasteiger partial charge on any atom is 0.231 e. The van der Waals surface area contributed by atoms with Crippen molar-refractivity contribution >= 4 is 5.91 Å². The lowest BCUT2D eigenvalue weighted by Crippen LogP contribution is -2.39. The maximum absolute atomic E-state index is 10.8. The van der Waals surface area contributed by atoms with Gasteiger partial charge in [0.25, 0.3) is 0 Å². The van der Waals surface area contributed by atoms with E-state index in [1.807, 2.05) is 13.0 Å². The van der Waals surface area contributed by atoms with Gasteiger partial charge in [-0.15, -0.1) is 0 Å². The minimum Gasteiger partial charge on any atom is -0.369 e. The molecule has 1 aromatic rings. The molecule has 0 radical (unpaired) electrons. The van der Waals surface area contributed by atoms with Crippen LogP contribution < -0.4 is 5.73 Å². The van der Waals surface area contributed by atoms with E-state index in [2.05, 4.69) is 22.0 Å². The van der Waals surface area contributed by atoms with Crippen LogP contribution in [0.2, 0.25) is 0 Å². The number of amides is 1. The van der Waals surface area contributed by atoms with Gasteiger partial charge in [0.1, 0.15) is 0 Å². The molecule has 1 aliphatic heterocycles. The summed E-state index contributed by atoms with van der Waals surface area (Å²) < 4.78 is 0. The zero-order valence-corrected chi connectivity index (χ0v) is 10.2. The Labute approximate surface area is 102 Å². The van der Waals surface area contributed by atoms with Crippen molar-refractivity contribution in [3.05, 3.63) is 29.6 Å². The molecule has 0 aromatic carbocycles. The molecule has 0 unspecified atom stereocenters. The number of primary amides is 1. The summed E-state index contributed by atoms with van der Waals surface area (Å²) >= 11 is 0. The molecule has 1 amide bonds. The van der Waals surface area contributed by atoms with E-state index in [4.69, 9.17) is 5.73 Å². The van der Waals surface area contributed by atoms with Gasteiger partial charge in [-0.05, 0) is 45.0 Å². The van der Waals surface area contributed by atoms with Crippen LogP contribution >= 0.6 is 0 Å². The second-order valence-electron chi connectivity index (χ2n) is 4.72. The second kappa shape index (κ2) is 5.27. The Morgan fingerprint density at radius 1 is 1.47 bits per heavy atom. The summed E-state index contributed by atoms with van der Waals surface area (Å²) in [4.78, 5) is 17.5. The molecule has 0 atom stereocenters. The summed E-state index contributed by atoms with van der Waals surface area (Å²) in [6.45, 7) is 4.27. The van der Waals surface area contributed by atoms with E-state index in [-0.39, 0.29) is 5.91 Å². The maximum atomic E-state index is 10.8. The summed E-state index contributed by atoms with van der Waals surface area (Å²) in [6, 6.07) is 6.18. The zero-order chi connectivity index (χ0) is 12.3. The van der Waals surface area contributed by atoms with Crippen molar-refractivity contribution in [2.45, 2.75) is 25.7 Å². The molecule has 2 N–H and O–H groups in total. The number of rotatable bonds is 3. The quantitative estimate of drug-likeness (QED) is 0.849. The summed E-state index contributed by atoms with van der Waals surface area (Å²) in [5.74, 6) is 0.288. The van der Waals surface area contributed by atoms with Gasteiger partial charge in [-0.2, -0.15) is 0 Å². The first-order valence-corrected chi connectivity index (χ1v) is 6.09. The van der Waals surface area contributed by atoms with Crippen molar-refractivity contribution in [2.75, 3.05) is 19.6 Å². The van der Waals surface area contributed by atoms with Gasteiger partial charge in [0.15, 0.2) is 0 Å². The van der Waals surface area contributed by atoms with E-state index >= 15 is 0 Å². The molecule has 2 rings (SSSR count).